The van der Waals surface area contributed by atoms with Gasteiger partial charge in [0.05, 0.1) is 6.54 Å². The number of rotatable bonds is 4. The number of aromatic nitrogens is 2. The van der Waals surface area contributed by atoms with Crippen molar-refractivity contribution < 1.29 is 18.3 Å². The van der Waals surface area contributed by atoms with Crippen molar-refractivity contribution in [1.29, 1.82) is 0 Å². The van der Waals surface area contributed by atoms with Crippen LogP contribution in [0.5, 0.6) is 0 Å². The summed E-state index contributed by atoms with van der Waals surface area (Å²) in [4.78, 5) is 8.44. The molecule has 1 rings (SSSR count). The minimum atomic E-state index is -4.68. The van der Waals surface area contributed by atoms with Gasteiger partial charge in [-0.3, -0.25) is 0 Å². The Morgan fingerprint density at radius 1 is 1.19 bits per heavy atom. The van der Waals surface area contributed by atoms with E-state index in [2.05, 4.69) is 20.7 Å². The minimum Gasteiger partial charge on any atom is -0.382 e. The number of hydrogen-bond acceptors (Lipinski definition) is 6. The highest BCUT2D eigenvalue weighted by molar-refractivity contribution is 5.57. The molecule has 0 fully saturated rings. The average molecular weight is 307 g/mol. The molecule has 120 valence electrons. The van der Waals surface area contributed by atoms with Crippen molar-refractivity contribution in [3.05, 3.63) is 11.4 Å². The first kappa shape index (κ1) is 17.4. The molecule has 0 bridgehead atoms. The molecule has 0 amide bonds. The summed E-state index contributed by atoms with van der Waals surface area (Å²) >= 11 is 0. The molecule has 9 heteroatoms. The summed E-state index contributed by atoms with van der Waals surface area (Å²) in [6, 6.07) is 0. The molecule has 1 aromatic heterocycles. The second-order valence-corrected chi connectivity index (χ2v) is 5.70. The molecule has 1 heterocycles. The van der Waals surface area contributed by atoms with Gasteiger partial charge in [0.1, 0.15) is 17.5 Å². The summed E-state index contributed by atoms with van der Waals surface area (Å²) in [6.07, 6.45) is -7.16. The van der Waals surface area contributed by atoms with E-state index in [1.54, 1.807) is 6.92 Å². The van der Waals surface area contributed by atoms with Gasteiger partial charge in [-0.25, -0.2) is 15.8 Å². The van der Waals surface area contributed by atoms with E-state index in [1.807, 2.05) is 20.8 Å². The number of aliphatic hydroxyl groups is 1. The van der Waals surface area contributed by atoms with Crippen molar-refractivity contribution >= 4 is 11.6 Å². The first-order chi connectivity index (χ1) is 9.46. The van der Waals surface area contributed by atoms with E-state index in [1.165, 1.54) is 0 Å². The maximum Gasteiger partial charge on any atom is 0.416 e. The third-order valence-electron chi connectivity index (χ3n) is 2.79. The minimum absolute atomic E-state index is 0.200. The SMILES string of the molecule is Cc1c(NN)nc(C(C)(C)C)nc1NCC(O)C(F)(F)F. The van der Waals surface area contributed by atoms with E-state index in [9.17, 15) is 13.2 Å². The van der Waals surface area contributed by atoms with E-state index in [0.717, 1.165) is 0 Å². The molecule has 0 aliphatic heterocycles. The summed E-state index contributed by atoms with van der Waals surface area (Å²) in [7, 11) is 0. The van der Waals surface area contributed by atoms with Crippen LogP contribution in [0.25, 0.3) is 0 Å². The first-order valence-electron chi connectivity index (χ1n) is 6.31. The van der Waals surface area contributed by atoms with Crippen LogP contribution in [0, 0.1) is 6.92 Å². The van der Waals surface area contributed by atoms with E-state index in [4.69, 9.17) is 10.9 Å². The average Bonchev–Trinajstić information content (AvgIpc) is 2.34. The number of nitrogen functional groups attached to an aromatic ring is 1. The van der Waals surface area contributed by atoms with Crippen LogP contribution in [0.3, 0.4) is 0 Å². The number of alkyl halides is 3. The van der Waals surface area contributed by atoms with Gasteiger partial charge in [0.25, 0.3) is 0 Å². The Kier molecular flexibility index (Phi) is 5.00. The van der Waals surface area contributed by atoms with Crippen molar-refractivity contribution in [1.82, 2.24) is 9.97 Å². The van der Waals surface area contributed by atoms with Gasteiger partial charge in [0.2, 0.25) is 0 Å². The Morgan fingerprint density at radius 2 is 1.71 bits per heavy atom. The molecule has 1 atom stereocenters. The molecule has 21 heavy (non-hydrogen) atoms. The zero-order valence-electron chi connectivity index (χ0n) is 12.3. The third kappa shape index (κ3) is 4.43. The summed E-state index contributed by atoms with van der Waals surface area (Å²) in [5, 5.41) is 11.5. The maximum atomic E-state index is 12.3. The van der Waals surface area contributed by atoms with Crippen LogP contribution >= 0.6 is 0 Å². The summed E-state index contributed by atoms with van der Waals surface area (Å²) in [5.74, 6) is 6.30. The smallest absolute Gasteiger partial charge is 0.382 e. The fraction of sp³-hybridized carbons (Fsp3) is 0.667. The Labute approximate surface area is 120 Å². The predicted octanol–water partition coefficient (Wildman–Crippen LogP) is 1.70. The van der Waals surface area contributed by atoms with E-state index >= 15 is 0 Å². The van der Waals surface area contributed by atoms with Crippen LogP contribution in [0.15, 0.2) is 0 Å². The molecule has 0 aliphatic rings. The Hall–Kier alpha value is -1.61. The van der Waals surface area contributed by atoms with Crippen molar-refractivity contribution in [3.63, 3.8) is 0 Å². The van der Waals surface area contributed by atoms with E-state index in [0.29, 0.717) is 17.2 Å². The number of halogens is 3. The maximum absolute atomic E-state index is 12.3. The molecule has 0 spiro atoms. The molecule has 1 aromatic rings. The molecule has 5 N–H and O–H groups in total. The van der Waals surface area contributed by atoms with E-state index < -0.39 is 24.2 Å². The second kappa shape index (κ2) is 6.02. The topological polar surface area (TPSA) is 96.1 Å². The first-order valence-corrected chi connectivity index (χ1v) is 6.31. The monoisotopic (exact) mass is 307 g/mol. The van der Waals surface area contributed by atoms with Gasteiger partial charge >= 0.3 is 6.18 Å². The lowest BCUT2D eigenvalue weighted by atomic mass is 9.95. The number of hydrogen-bond donors (Lipinski definition) is 4. The highest BCUT2D eigenvalue weighted by Gasteiger charge is 2.38. The Bertz CT molecular complexity index is 499. The van der Waals surface area contributed by atoms with Gasteiger partial charge in [-0.2, -0.15) is 13.2 Å². The van der Waals surface area contributed by atoms with Gasteiger partial charge < -0.3 is 15.8 Å². The van der Waals surface area contributed by atoms with Gasteiger partial charge in [0.15, 0.2) is 6.10 Å². The largest absolute Gasteiger partial charge is 0.416 e. The standard InChI is InChI=1S/C12H20F3N5O/c1-6-8(17-5-7(21)12(13,14)15)18-10(11(2,3)4)19-9(6)20-16/h7,21H,5,16H2,1-4H3,(H2,17,18,19,20). The lowest BCUT2D eigenvalue weighted by molar-refractivity contribution is -0.198. The number of nitrogens with one attached hydrogen (secondary N) is 2. The molecular formula is C12H20F3N5O. The lowest BCUT2D eigenvalue weighted by Gasteiger charge is -2.21. The van der Waals surface area contributed by atoms with E-state index in [-0.39, 0.29) is 5.82 Å². The van der Waals surface area contributed by atoms with Crippen LogP contribution in [-0.2, 0) is 5.41 Å². The molecule has 0 aliphatic carbocycles. The quantitative estimate of drug-likeness (QED) is 0.499. The molecule has 6 nitrogen and oxygen atoms in total. The fourth-order valence-electron chi connectivity index (χ4n) is 1.47. The predicted molar refractivity (Wildman–Crippen MR) is 73.8 cm³/mol. The summed E-state index contributed by atoms with van der Waals surface area (Å²) in [5.41, 5.74) is 2.46. The number of hydrazine groups is 1. The van der Waals surface area contributed by atoms with Crippen LogP contribution < -0.4 is 16.6 Å². The Morgan fingerprint density at radius 3 is 2.14 bits per heavy atom. The van der Waals surface area contributed by atoms with Crippen molar-refractivity contribution in [2.45, 2.75) is 45.4 Å². The number of nitrogens with zero attached hydrogens (tertiary/aromatic N) is 2. The van der Waals surface area contributed by atoms with Gasteiger partial charge in [-0.15, -0.1) is 0 Å². The molecule has 0 aromatic carbocycles. The van der Waals surface area contributed by atoms with Crippen LogP contribution in [0.2, 0.25) is 0 Å². The highest BCUT2D eigenvalue weighted by atomic mass is 19.4. The molecule has 1 unspecified atom stereocenters. The number of nitrogens with two attached hydrogens (primary N) is 1. The highest BCUT2D eigenvalue weighted by Crippen LogP contribution is 2.26. The second-order valence-electron chi connectivity index (χ2n) is 5.70. The molecule has 0 radical (unpaired) electrons. The zero-order valence-corrected chi connectivity index (χ0v) is 12.3. The normalized spacial score (nSPS) is 14.0. The molecule has 0 saturated carbocycles. The van der Waals surface area contributed by atoms with Gasteiger partial charge in [0, 0.05) is 11.0 Å². The molecular weight excluding hydrogens is 287 g/mol. The lowest BCUT2D eigenvalue weighted by Crippen LogP contribution is -2.35. The zero-order chi connectivity index (χ0) is 16.4. The van der Waals surface area contributed by atoms with Gasteiger partial charge in [-0.1, -0.05) is 20.8 Å². The van der Waals surface area contributed by atoms with Crippen LogP contribution in [0.4, 0.5) is 24.8 Å². The summed E-state index contributed by atoms with van der Waals surface area (Å²) < 4.78 is 36.9. The van der Waals surface area contributed by atoms with Crippen molar-refractivity contribution in [2.24, 2.45) is 5.84 Å². The van der Waals surface area contributed by atoms with Gasteiger partial charge in [-0.05, 0) is 6.92 Å². The molecule has 0 saturated heterocycles. The van der Waals surface area contributed by atoms with Crippen molar-refractivity contribution in [2.75, 3.05) is 17.3 Å². The number of aliphatic hydroxyl groups excluding tert-OH is 1. The number of anilines is 2. The van der Waals surface area contributed by atoms with Crippen LogP contribution in [0.1, 0.15) is 32.2 Å². The Balaban J connectivity index is 3.06. The fourth-order valence-corrected chi connectivity index (χ4v) is 1.47. The van der Waals surface area contributed by atoms with Crippen molar-refractivity contribution in [3.8, 4) is 0 Å². The summed E-state index contributed by atoms with van der Waals surface area (Å²) in [6.45, 7) is 6.52. The third-order valence-corrected chi connectivity index (χ3v) is 2.79. The van der Waals surface area contributed by atoms with Crippen LogP contribution in [-0.4, -0.2) is 33.9 Å².